The maximum atomic E-state index is 2.33. The molecule has 0 fully saturated rings. The highest BCUT2D eigenvalue weighted by Crippen LogP contribution is 2.22. The van der Waals surface area contributed by atoms with E-state index in [9.17, 15) is 0 Å². The Morgan fingerprint density at radius 2 is 1.62 bits per heavy atom. The first kappa shape index (κ1) is 10.6. The van der Waals surface area contributed by atoms with Crippen molar-refractivity contribution < 1.29 is 0 Å². The summed E-state index contributed by atoms with van der Waals surface area (Å²) in [6.45, 7) is 4.48. The van der Waals surface area contributed by atoms with Gasteiger partial charge in [0.25, 0.3) is 0 Å². The van der Waals surface area contributed by atoms with Crippen LogP contribution in [0, 0.1) is 0 Å². The molecule has 74 valence electrons. The summed E-state index contributed by atoms with van der Waals surface area (Å²) in [5.74, 6) is 1.91. The van der Waals surface area contributed by atoms with Crippen LogP contribution in [0.3, 0.4) is 0 Å². The molecule has 0 unspecified atom stereocenters. The molecule has 0 saturated carbocycles. The van der Waals surface area contributed by atoms with Crippen LogP contribution in [-0.2, 0) is 5.75 Å². The van der Waals surface area contributed by atoms with E-state index in [0.29, 0.717) is 5.92 Å². The second-order valence-corrected chi connectivity index (χ2v) is 6.61. The lowest BCUT2D eigenvalue weighted by Crippen LogP contribution is -1.89. The van der Waals surface area contributed by atoms with Crippen LogP contribution in [0.5, 0.6) is 0 Å². The van der Waals surface area contributed by atoms with Crippen molar-refractivity contribution >= 4 is 10.9 Å². The topological polar surface area (TPSA) is 0 Å². The van der Waals surface area contributed by atoms with E-state index in [1.807, 2.05) is 0 Å². The SMILES string of the molecule is CC(C)c1ccc(C[SH](C)C)cc1. The summed E-state index contributed by atoms with van der Waals surface area (Å²) in [5, 5.41) is 0. The van der Waals surface area contributed by atoms with E-state index in [0.717, 1.165) is 0 Å². The van der Waals surface area contributed by atoms with Crippen molar-refractivity contribution in [2.75, 3.05) is 12.5 Å². The molecule has 1 aromatic rings. The van der Waals surface area contributed by atoms with Gasteiger partial charge in [0.1, 0.15) is 0 Å². The molecule has 0 aliphatic carbocycles. The Bertz CT molecular complexity index is 246. The van der Waals surface area contributed by atoms with Crippen molar-refractivity contribution in [3.63, 3.8) is 0 Å². The predicted molar refractivity (Wildman–Crippen MR) is 65.1 cm³/mol. The molecule has 0 radical (unpaired) electrons. The van der Waals surface area contributed by atoms with Crippen molar-refractivity contribution in [3.05, 3.63) is 35.4 Å². The van der Waals surface area contributed by atoms with E-state index in [1.54, 1.807) is 0 Å². The van der Waals surface area contributed by atoms with Gasteiger partial charge in [-0.3, -0.25) is 10.9 Å². The van der Waals surface area contributed by atoms with Crippen LogP contribution in [0.2, 0.25) is 0 Å². The molecule has 1 heteroatoms. The predicted octanol–water partition coefficient (Wildman–Crippen LogP) is 3.57. The summed E-state index contributed by atoms with van der Waals surface area (Å²) >= 11 is 0. The van der Waals surface area contributed by atoms with Crippen LogP contribution in [-0.4, -0.2) is 12.5 Å². The maximum absolute atomic E-state index is 2.33. The van der Waals surface area contributed by atoms with Crippen LogP contribution >= 0.6 is 10.9 Å². The normalized spacial score (nSPS) is 11.9. The second-order valence-electron chi connectivity index (χ2n) is 4.13. The fraction of sp³-hybridized carbons (Fsp3) is 0.500. The zero-order valence-electron chi connectivity index (χ0n) is 9.04. The summed E-state index contributed by atoms with van der Waals surface area (Å²) in [5.41, 5.74) is 2.93. The third-order valence-electron chi connectivity index (χ3n) is 2.15. The standard InChI is InChI=1S/C12H20S/c1-10(2)12-7-5-11(6-8-12)9-13(3)4/h5-8,10,13H,9H2,1-4H3. The second kappa shape index (κ2) is 4.71. The van der Waals surface area contributed by atoms with E-state index in [-0.39, 0.29) is 10.9 Å². The smallest absolute Gasteiger partial charge is 0.000395 e. The van der Waals surface area contributed by atoms with Gasteiger partial charge in [-0.05, 0) is 35.3 Å². The van der Waals surface area contributed by atoms with E-state index >= 15 is 0 Å². The van der Waals surface area contributed by atoms with Gasteiger partial charge >= 0.3 is 0 Å². The Morgan fingerprint density at radius 1 is 1.08 bits per heavy atom. The lowest BCUT2D eigenvalue weighted by Gasteiger charge is -2.10. The molecule has 0 amide bonds. The quantitative estimate of drug-likeness (QED) is 0.702. The molecule has 0 spiro atoms. The third-order valence-corrected chi connectivity index (χ3v) is 3.14. The van der Waals surface area contributed by atoms with Crippen molar-refractivity contribution in [1.82, 2.24) is 0 Å². The third kappa shape index (κ3) is 3.43. The Hall–Kier alpha value is -0.430. The molecule has 0 atom stereocenters. The van der Waals surface area contributed by atoms with Gasteiger partial charge in [0.2, 0.25) is 0 Å². The van der Waals surface area contributed by atoms with Gasteiger partial charge in [0.15, 0.2) is 0 Å². The highest BCUT2D eigenvalue weighted by Gasteiger charge is 1.99. The van der Waals surface area contributed by atoms with Crippen LogP contribution < -0.4 is 0 Å². The van der Waals surface area contributed by atoms with Gasteiger partial charge in [-0.1, -0.05) is 38.1 Å². The summed E-state index contributed by atoms with van der Waals surface area (Å²) in [7, 11) is 0.198. The minimum absolute atomic E-state index is 0.198. The Kier molecular flexibility index (Phi) is 3.86. The van der Waals surface area contributed by atoms with Crippen molar-refractivity contribution in [3.8, 4) is 0 Å². The molecule has 0 saturated heterocycles. The lowest BCUT2D eigenvalue weighted by atomic mass is 10.0. The van der Waals surface area contributed by atoms with Gasteiger partial charge in [0, 0.05) is 0 Å². The minimum Gasteiger partial charge on any atom is -0.255 e. The van der Waals surface area contributed by atoms with E-state index in [4.69, 9.17) is 0 Å². The number of hydrogen-bond acceptors (Lipinski definition) is 0. The van der Waals surface area contributed by atoms with E-state index in [1.165, 1.54) is 16.9 Å². The van der Waals surface area contributed by atoms with Gasteiger partial charge in [-0.15, -0.1) is 0 Å². The van der Waals surface area contributed by atoms with Crippen molar-refractivity contribution in [2.45, 2.75) is 25.5 Å². The molecule has 0 heterocycles. The summed E-state index contributed by atoms with van der Waals surface area (Å²) in [6, 6.07) is 9.08. The fourth-order valence-corrected chi connectivity index (χ4v) is 2.31. The molecule has 0 N–H and O–H groups in total. The highest BCUT2D eigenvalue weighted by molar-refractivity contribution is 8.15. The molecular formula is C12H20S. The van der Waals surface area contributed by atoms with Gasteiger partial charge in [-0.2, -0.15) is 0 Å². The molecular weight excluding hydrogens is 176 g/mol. The Labute approximate surface area is 84.7 Å². The minimum atomic E-state index is 0.198. The molecule has 0 aromatic heterocycles. The summed E-state index contributed by atoms with van der Waals surface area (Å²) < 4.78 is 0. The fourth-order valence-electron chi connectivity index (χ4n) is 1.37. The first-order chi connectivity index (χ1) is 6.09. The molecule has 1 rings (SSSR count). The van der Waals surface area contributed by atoms with Crippen LogP contribution in [0.4, 0.5) is 0 Å². The first-order valence-corrected chi connectivity index (χ1v) is 7.25. The monoisotopic (exact) mass is 196 g/mol. The van der Waals surface area contributed by atoms with Gasteiger partial charge < -0.3 is 0 Å². The lowest BCUT2D eigenvalue weighted by molar-refractivity contribution is 0.866. The zero-order valence-corrected chi connectivity index (χ0v) is 9.94. The zero-order chi connectivity index (χ0) is 9.84. The number of rotatable bonds is 3. The van der Waals surface area contributed by atoms with Gasteiger partial charge in [-0.25, -0.2) is 0 Å². The average Bonchev–Trinajstić information content (AvgIpc) is 2.04. The molecule has 0 nitrogen and oxygen atoms in total. The molecule has 0 bridgehead atoms. The van der Waals surface area contributed by atoms with Crippen molar-refractivity contribution in [2.24, 2.45) is 0 Å². The van der Waals surface area contributed by atoms with Crippen molar-refractivity contribution in [1.29, 1.82) is 0 Å². The Balaban J connectivity index is 2.70. The highest BCUT2D eigenvalue weighted by atomic mass is 32.2. The summed E-state index contributed by atoms with van der Waals surface area (Å²) in [6.07, 6.45) is 4.65. The van der Waals surface area contributed by atoms with Gasteiger partial charge in [0.05, 0.1) is 0 Å². The molecule has 0 aliphatic rings. The number of thiol groups is 1. The van der Waals surface area contributed by atoms with Crippen LogP contribution in [0.1, 0.15) is 30.9 Å². The maximum Gasteiger partial charge on any atom is -0.000395 e. The average molecular weight is 196 g/mol. The number of hydrogen-bond donors (Lipinski definition) is 1. The largest absolute Gasteiger partial charge is 0.255 e. The Morgan fingerprint density at radius 3 is 2.00 bits per heavy atom. The summed E-state index contributed by atoms with van der Waals surface area (Å²) in [4.78, 5) is 0. The molecule has 13 heavy (non-hydrogen) atoms. The molecule has 0 aliphatic heterocycles. The van der Waals surface area contributed by atoms with E-state index < -0.39 is 0 Å². The van der Waals surface area contributed by atoms with Crippen LogP contribution in [0.25, 0.3) is 0 Å². The first-order valence-electron chi connectivity index (χ1n) is 4.83. The number of benzene rings is 1. The molecule has 1 aromatic carbocycles. The van der Waals surface area contributed by atoms with E-state index in [2.05, 4.69) is 50.6 Å². The van der Waals surface area contributed by atoms with Crippen LogP contribution in [0.15, 0.2) is 24.3 Å².